The number of carbonyl (C=O) groups is 1. The Labute approximate surface area is 166 Å². The highest BCUT2D eigenvalue weighted by Crippen LogP contribution is 2.19. The molecule has 0 atom stereocenters. The number of benzene rings is 2. The van der Waals surface area contributed by atoms with E-state index in [1.807, 2.05) is 30.7 Å². The molecule has 9 heteroatoms. The van der Waals surface area contributed by atoms with Gasteiger partial charge in [0, 0.05) is 23.4 Å². The molecule has 1 heterocycles. The molecular formula is C20H18N5O4-. The molecule has 0 fully saturated rings. The van der Waals surface area contributed by atoms with Crippen LogP contribution >= 0.6 is 0 Å². The minimum Gasteiger partial charge on any atom is -0.872 e. The number of hydrogen-bond donors (Lipinski definition) is 1. The summed E-state index contributed by atoms with van der Waals surface area (Å²) in [7, 11) is 0. The third-order valence-electron chi connectivity index (χ3n) is 4.20. The van der Waals surface area contributed by atoms with Crippen LogP contribution in [0, 0.1) is 24.0 Å². The van der Waals surface area contributed by atoms with Crippen LogP contribution in [0.2, 0.25) is 0 Å². The summed E-state index contributed by atoms with van der Waals surface area (Å²) in [6.45, 7) is 4.40. The zero-order chi connectivity index (χ0) is 21.0. The van der Waals surface area contributed by atoms with Gasteiger partial charge in [-0.05, 0) is 43.2 Å². The average molecular weight is 392 g/mol. The van der Waals surface area contributed by atoms with Crippen molar-refractivity contribution in [3.63, 3.8) is 0 Å². The summed E-state index contributed by atoms with van der Waals surface area (Å²) in [4.78, 5) is 22.5. The molecule has 3 rings (SSSR count). The van der Waals surface area contributed by atoms with Gasteiger partial charge in [0.1, 0.15) is 0 Å². The molecule has 0 saturated heterocycles. The molecule has 0 radical (unpaired) electrons. The van der Waals surface area contributed by atoms with Crippen molar-refractivity contribution in [1.29, 1.82) is 0 Å². The SMILES string of the molecule is Cc1cc(C)n(Cc2cccc(C(=O)N/N=C\c3cc([N+](=O)[O-])ccc3[O-])c2)n1. The van der Waals surface area contributed by atoms with Gasteiger partial charge in [-0.25, -0.2) is 5.43 Å². The maximum absolute atomic E-state index is 12.3. The number of aromatic nitrogens is 2. The molecule has 0 spiro atoms. The van der Waals surface area contributed by atoms with E-state index in [0.29, 0.717) is 12.1 Å². The van der Waals surface area contributed by atoms with Gasteiger partial charge in [-0.2, -0.15) is 10.2 Å². The van der Waals surface area contributed by atoms with Gasteiger partial charge < -0.3 is 5.11 Å². The van der Waals surface area contributed by atoms with Crippen molar-refractivity contribution in [3.8, 4) is 5.75 Å². The van der Waals surface area contributed by atoms with E-state index in [1.165, 1.54) is 0 Å². The first-order chi connectivity index (χ1) is 13.8. The smallest absolute Gasteiger partial charge is 0.271 e. The number of amides is 1. The quantitative estimate of drug-likeness (QED) is 0.391. The van der Waals surface area contributed by atoms with Crippen LogP contribution in [-0.2, 0) is 6.54 Å². The highest BCUT2D eigenvalue weighted by atomic mass is 16.6. The number of aryl methyl sites for hydroxylation is 2. The van der Waals surface area contributed by atoms with Gasteiger partial charge in [0.05, 0.1) is 23.4 Å². The number of rotatable bonds is 6. The second kappa shape index (κ2) is 8.34. The summed E-state index contributed by atoms with van der Waals surface area (Å²) in [5, 5.41) is 30.7. The monoisotopic (exact) mass is 392 g/mol. The molecule has 29 heavy (non-hydrogen) atoms. The Morgan fingerprint density at radius 1 is 1.24 bits per heavy atom. The van der Waals surface area contributed by atoms with Gasteiger partial charge in [-0.15, -0.1) is 0 Å². The van der Waals surface area contributed by atoms with E-state index in [1.54, 1.807) is 18.2 Å². The highest BCUT2D eigenvalue weighted by molar-refractivity contribution is 5.95. The molecule has 0 aliphatic carbocycles. The number of nitrogens with one attached hydrogen (secondary N) is 1. The van der Waals surface area contributed by atoms with Gasteiger partial charge in [-0.3, -0.25) is 19.6 Å². The number of carbonyl (C=O) groups excluding carboxylic acids is 1. The van der Waals surface area contributed by atoms with Gasteiger partial charge in [-0.1, -0.05) is 23.9 Å². The van der Waals surface area contributed by atoms with E-state index in [-0.39, 0.29) is 11.3 Å². The predicted molar refractivity (Wildman–Crippen MR) is 105 cm³/mol. The van der Waals surface area contributed by atoms with Crippen molar-refractivity contribution >= 4 is 17.8 Å². The van der Waals surface area contributed by atoms with Crippen LogP contribution < -0.4 is 10.5 Å². The molecule has 0 saturated carbocycles. The number of hydrazone groups is 1. The molecule has 1 amide bonds. The lowest BCUT2D eigenvalue weighted by Crippen LogP contribution is -2.18. The molecule has 0 bridgehead atoms. The molecule has 0 unspecified atom stereocenters. The van der Waals surface area contributed by atoms with Gasteiger partial charge in [0.2, 0.25) is 0 Å². The maximum Gasteiger partial charge on any atom is 0.271 e. The average Bonchev–Trinajstić information content (AvgIpc) is 3.00. The summed E-state index contributed by atoms with van der Waals surface area (Å²) < 4.78 is 1.85. The van der Waals surface area contributed by atoms with E-state index in [0.717, 1.165) is 41.4 Å². The molecule has 3 aromatic rings. The Hall–Kier alpha value is -4.01. The van der Waals surface area contributed by atoms with E-state index < -0.39 is 16.6 Å². The normalized spacial score (nSPS) is 11.0. The Bertz CT molecular complexity index is 1100. The third-order valence-corrected chi connectivity index (χ3v) is 4.20. The van der Waals surface area contributed by atoms with Crippen molar-refractivity contribution < 1.29 is 14.8 Å². The van der Waals surface area contributed by atoms with Crippen LogP contribution in [-0.4, -0.2) is 26.8 Å². The summed E-state index contributed by atoms with van der Waals surface area (Å²) in [5.41, 5.74) is 5.34. The van der Waals surface area contributed by atoms with Crippen LogP contribution in [0.25, 0.3) is 0 Å². The lowest BCUT2D eigenvalue weighted by molar-refractivity contribution is -0.385. The molecule has 1 aromatic heterocycles. The summed E-state index contributed by atoms with van der Waals surface area (Å²) in [5.74, 6) is -0.894. The van der Waals surface area contributed by atoms with Crippen LogP contribution in [0.1, 0.15) is 32.9 Å². The van der Waals surface area contributed by atoms with E-state index in [4.69, 9.17) is 0 Å². The molecule has 2 aromatic carbocycles. The zero-order valence-electron chi connectivity index (χ0n) is 15.8. The lowest BCUT2D eigenvalue weighted by atomic mass is 10.1. The standard InChI is InChI=1S/C20H19N5O4/c1-13-8-14(2)24(23-13)12-15-4-3-5-16(9-15)20(27)22-21-11-17-10-18(25(28)29)6-7-19(17)26/h3-11,26H,12H2,1-2H3,(H,22,27)/p-1/b21-11-. The highest BCUT2D eigenvalue weighted by Gasteiger charge is 2.08. The van der Waals surface area contributed by atoms with Crippen molar-refractivity contribution in [3.05, 3.63) is 86.7 Å². The van der Waals surface area contributed by atoms with Gasteiger partial charge in [0.25, 0.3) is 11.6 Å². The van der Waals surface area contributed by atoms with E-state index in [2.05, 4.69) is 15.6 Å². The second-order valence-electron chi connectivity index (χ2n) is 6.46. The molecule has 1 N–H and O–H groups in total. The van der Waals surface area contributed by atoms with Crippen molar-refractivity contribution in [1.82, 2.24) is 15.2 Å². The molecular weight excluding hydrogens is 374 g/mol. The molecule has 148 valence electrons. The van der Waals surface area contributed by atoms with Crippen molar-refractivity contribution in [2.24, 2.45) is 5.10 Å². The first-order valence-electron chi connectivity index (χ1n) is 8.72. The van der Waals surface area contributed by atoms with Crippen LogP contribution in [0.3, 0.4) is 0 Å². The third kappa shape index (κ3) is 4.83. The van der Waals surface area contributed by atoms with Gasteiger partial charge in [0.15, 0.2) is 0 Å². The molecule has 9 nitrogen and oxygen atoms in total. The van der Waals surface area contributed by atoms with Crippen LogP contribution in [0.5, 0.6) is 5.75 Å². The van der Waals surface area contributed by atoms with Crippen LogP contribution in [0.4, 0.5) is 5.69 Å². The van der Waals surface area contributed by atoms with E-state index in [9.17, 15) is 20.0 Å². The predicted octanol–water partition coefficient (Wildman–Crippen LogP) is 2.29. The maximum atomic E-state index is 12.3. The number of nitro groups is 1. The summed E-state index contributed by atoms with van der Waals surface area (Å²) in [6, 6.07) is 12.3. The Kier molecular flexibility index (Phi) is 5.68. The number of hydrogen-bond acceptors (Lipinski definition) is 6. The minimum absolute atomic E-state index is 0.0118. The minimum atomic E-state index is -0.607. The van der Waals surface area contributed by atoms with Crippen molar-refractivity contribution in [2.45, 2.75) is 20.4 Å². The Morgan fingerprint density at radius 3 is 2.72 bits per heavy atom. The zero-order valence-corrected chi connectivity index (χ0v) is 15.8. The fourth-order valence-corrected chi connectivity index (χ4v) is 2.79. The fourth-order valence-electron chi connectivity index (χ4n) is 2.79. The molecule has 0 aliphatic rings. The first-order valence-corrected chi connectivity index (χ1v) is 8.72. The fraction of sp³-hybridized carbons (Fsp3) is 0.150. The Morgan fingerprint density at radius 2 is 2.03 bits per heavy atom. The van der Waals surface area contributed by atoms with E-state index >= 15 is 0 Å². The number of nitro benzene ring substituents is 1. The summed E-state index contributed by atoms with van der Waals surface area (Å²) in [6.07, 6.45) is 1.09. The number of non-ortho nitro benzene ring substituents is 1. The second-order valence-corrected chi connectivity index (χ2v) is 6.46. The number of nitrogens with zero attached hydrogens (tertiary/aromatic N) is 4. The topological polar surface area (TPSA) is 125 Å². The largest absolute Gasteiger partial charge is 0.872 e. The Balaban J connectivity index is 1.70. The lowest BCUT2D eigenvalue weighted by Gasteiger charge is -2.09. The van der Waals surface area contributed by atoms with Crippen LogP contribution in [0.15, 0.2) is 53.6 Å². The summed E-state index contributed by atoms with van der Waals surface area (Å²) >= 11 is 0. The van der Waals surface area contributed by atoms with Gasteiger partial charge >= 0.3 is 0 Å². The first kappa shape index (κ1) is 19.7. The van der Waals surface area contributed by atoms with Crippen molar-refractivity contribution in [2.75, 3.05) is 0 Å². The molecule has 0 aliphatic heterocycles.